The topological polar surface area (TPSA) is 47.6 Å². The van der Waals surface area contributed by atoms with Crippen LogP contribution in [-0.4, -0.2) is 31.3 Å². The first-order chi connectivity index (χ1) is 10.1. The Morgan fingerprint density at radius 3 is 2.95 bits per heavy atom. The Balaban J connectivity index is 1.92. The van der Waals surface area contributed by atoms with Gasteiger partial charge < -0.3 is 14.8 Å². The molecule has 0 aromatic heterocycles. The van der Waals surface area contributed by atoms with E-state index in [0.29, 0.717) is 13.0 Å². The fourth-order valence-electron chi connectivity index (χ4n) is 2.46. The maximum atomic E-state index is 12.2. The lowest BCUT2D eigenvalue weighted by Gasteiger charge is -2.20. The molecule has 4 heteroatoms. The van der Waals surface area contributed by atoms with Gasteiger partial charge in [0.15, 0.2) is 6.10 Å². The van der Waals surface area contributed by atoms with Crippen molar-refractivity contribution >= 4 is 5.91 Å². The monoisotopic (exact) mass is 291 g/mol. The Hall–Kier alpha value is -1.55. The molecule has 2 rings (SSSR count). The maximum absolute atomic E-state index is 12.2. The zero-order chi connectivity index (χ0) is 15.2. The number of amides is 1. The molecule has 0 radical (unpaired) electrons. The van der Waals surface area contributed by atoms with Crippen LogP contribution >= 0.6 is 0 Å². The number of nitrogens with one attached hydrogen (secondary N) is 1. The van der Waals surface area contributed by atoms with Gasteiger partial charge in [-0.3, -0.25) is 4.79 Å². The Labute approximate surface area is 126 Å². The van der Waals surface area contributed by atoms with Crippen molar-refractivity contribution in [2.75, 3.05) is 13.2 Å². The summed E-state index contributed by atoms with van der Waals surface area (Å²) in [7, 11) is 0. The van der Waals surface area contributed by atoms with Crippen LogP contribution in [0.5, 0.6) is 5.75 Å². The van der Waals surface area contributed by atoms with Gasteiger partial charge in [0.05, 0.1) is 6.10 Å². The van der Waals surface area contributed by atoms with Gasteiger partial charge in [0.1, 0.15) is 5.75 Å². The predicted molar refractivity (Wildman–Crippen MR) is 82.6 cm³/mol. The van der Waals surface area contributed by atoms with Crippen LogP contribution in [0.1, 0.15) is 37.3 Å². The fourth-order valence-corrected chi connectivity index (χ4v) is 2.46. The first-order valence-corrected chi connectivity index (χ1v) is 7.74. The molecule has 0 bridgehead atoms. The van der Waals surface area contributed by atoms with E-state index in [1.54, 1.807) is 0 Å². The van der Waals surface area contributed by atoms with Gasteiger partial charge in [-0.05, 0) is 50.3 Å². The van der Waals surface area contributed by atoms with Crippen LogP contribution in [0.3, 0.4) is 0 Å². The highest BCUT2D eigenvalue weighted by Gasteiger charge is 2.22. The van der Waals surface area contributed by atoms with Crippen LogP contribution in [0.2, 0.25) is 0 Å². The summed E-state index contributed by atoms with van der Waals surface area (Å²) >= 11 is 0. The van der Waals surface area contributed by atoms with E-state index in [1.807, 2.05) is 39.0 Å². The first-order valence-electron chi connectivity index (χ1n) is 7.74. The largest absolute Gasteiger partial charge is 0.480 e. The van der Waals surface area contributed by atoms with E-state index in [2.05, 4.69) is 5.32 Å². The molecular formula is C17H25NO3. The summed E-state index contributed by atoms with van der Waals surface area (Å²) in [5.41, 5.74) is 2.25. The summed E-state index contributed by atoms with van der Waals surface area (Å²) < 4.78 is 11.4. The number of rotatable bonds is 6. The number of aryl methyl sites for hydroxylation is 1. The summed E-state index contributed by atoms with van der Waals surface area (Å²) in [6.07, 6.45) is 2.45. The summed E-state index contributed by atoms with van der Waals surface area (Å²) in [5.74, 6) is 0.725. The van der Waals surface area contributed by atoms with Crippen LogP contribution in [-0.2, 0) is 9.53 Å². The smallest absolute Gasteiger partial charge is 0.261 e. The van der Waals surface area contributed by atoms with Crippen molar-refractivity contribution in [2.24, 2.45) is 0 Å². The molecule has 1 N–H and O–H groups in total. The molecule has 1 aromatic carbocycles. The normalized spacial score (nSPS) is 19.3. The third-order valence-corrected chi connectivity index (χ3v) is 4.02. The number of hydrogen-bond acceptors (Lipinski definition) is 3. The molecule has 1 aliphatic heterocycles. The highest BCUT2D eigenvalue weighted by Crippen LogP contribution is 2.22. The standard InChI is InChI=1S/C17H25NO3/c1-4-15(17(19)18-11-14-8-6-10-20-14)21-16-9-5-7-12(2)13(16)3/h5,7,9,14-15H,4,6,8,10-11H2,1-3H3,(H,18,19)/t14-,15+/m0/s1. The van der Waals surface area contributed by atoms with Crippen LogP contribution in [0, 0.1) is 13.8 Å². The van der Waals surface area contributed by atoms with Crippen molar-refractivity contribution in [1.82, 2.24) is 5.32 Å². The predicted octanol–water partition coefficient (Wildman–Crippen LogP) is 2.76. The number of carbonyl (C=O) groups is 1. The molecule has 1 aromatic rings. The van der Waals surface area contributed by atoms with E-state index in [0.717, 1.165) is 30.8 Å². The van der Waals surface area contributed by atoms with Crippen LogP contribution < -0.4 is 10.1 Å². The van der Waals surface area contributed by atoms with Gasteiger partial charge in [-0.15, -0.1) is 0 Å². The molecule has 0 saturated carbocycles. The average molecular weight is 291 g/mol. The van der Waals surface area contributed by atoms with Crippen molar-refractivity contribution in [3.8, 4) is 5.75 Å². The minimum Gasteiger partial charge on any atom is -0.480 e. The fraction of sp³-hybridized carbons (Fsp3) is 0.588. The van der Waals surface area contributed by atoms with Crippen molar-refractivity contribution in [2.45, 2.75) is 52.2 Å². The molecule has 116 valence electrons. The molecule has 2 atom stereocenters. The third-order valence-electron chi connectivity index (χ3n) is 4.02. The van der Waals surface area contributed by atoms with Gasteiger partial charge in [0, 0.05) is 13.2 Å². The van der Waals surface area contributed by atoms with E-state index in [9.17, 15) is 4.79 Å². The molecule has 1 saturated heterocycles. The lowest BCUT2D eigenvalue weighted by molar-refractivity contribution is -0.128. The van der Waals surface area contributed by atoms with Crippen molar-refractivity contribution < 1.29 is 14.3 Å². The lowest BCUT2D eigenvalue weighted by atomic mass is 10.1. The molecule has 1 amide bonds. The zero-order valence-electron chi connectivity index (χ0n) is 13.1. The molecule has 1 heterocycles. The lowest BCUT2D eigenvalue weighted by Crippen LogP contribution is -2.41. The Kier molecular flexibility index (Phi) is 5.62. The molecule has 1 fully saturated rings. The van der Waals surface area contributed by atoms with Crippen molar-refractivity contribution in [3.05, 3.63) is 29.3 Å². The summed E-state index contributed by atoms with van der Waals surface area (Å²) in [6.45, 7) is 7.39. The number of ether oxygens (including phenoxy) is 2. The second kappa shape index (κ2) is 7.46. The summed E-state index contributed by atoms with van der Waals surface area (Å²) in [4.78, 5) is 12.2. The molecule has 4 nitrogen and oxygen atoms in total. The molecular weight excluding hydrogens is 266 g/mol. The minimum atomic E-state index is -0.452. The Morgan fingerprint density at radius 1 is 1.48 bits per heavy atom. The van der Waals surface area contributed by atoms with Gasteiger partial charge in [0.25, 0.3) is 5.91 Å². The van der Waals surface area contributed by atoms with Crippen molar-refractivity contribution in [3.63, 3.8) is 0 Å². The Bertz CT molecular complexity index is 481. The minimum absolute atomic E-state index is 0.0612. The number of benzene rings is 1. The molecule has 0 spiro atoms. The molecule has 21 heavy (non-hydrogen) atoms. The van der Waals surface area contributed by atoms with E-state index in [4.69, 9.17) is 9.47 Å². The van der Waals surface area contributed by atoms with Crippen LogP contribution in [0.15, 0.2) is 18.2 Å². The van der Waals surface area contributed by atoms with Crippen molar-refractivity contribution in [1.29, 1.82) is 0 Å². The number of hydrogen-bond donors (Lipinski definition) is 1. The van der Waals surface area contributed by atoms with E-state index in [1.165, 1.54) is 5.56 Å². The second-order valence-electron chi connectivity index (χ2n) is 5.59. The zero-order valence-corrected chi connectivity index (χ0v) is 13.1. The van der Waals surface area contributed by atoms with E-state index >= 15 is 0 Å². The van der Waals surface area contributed by atoms with Gasteiger partial charge in [-0.2, -0.15) is 0 Å². The second-order valence-corrected chi connectivity index (χ2v) is 5.59. The van der Waals surface area contributed by atoms with Crippen LogP contribution in [0.4, 0.5) is 0 Å². The SMILES string of the molecule is CC[C@@H](Oc1cccc(C)c1C)C(=O)NC[C@@H]1CCCO1. The quantitative estimate of drug-likeness (QED) is 0.876. The highest BCUT2D eigenvalue weighted by molar-refractivity contribution is 5.81. The maximum Gasteiger partial charge on any atom is 0.261 e. The molecule has 1 aliphatic rings. The summed E-state index contributed by atoms with van der Waals surface area (Å²) in [5, 5.41) is 2.94. The highest BCUT2D eigenvalue weighted by atomic mass is 16.5. The average Bonchev–Trinajstić information content (AvgIpc) is 2.99. The Morgan fingerprint density at radius 2 is 2.29 bits per heavy atom. The first kappa shape index (κ1) is 15.8. The van der Waals surface area contributed by atoms with E-state index in [-0.39, 0.29) is 12.0 Å². The summed E-state index contributed by atoms with van der Waals surface area (Å²) in [6, 6.07) is 5.91. The van der Waals surface area contributed by atoms with E-state index < -0.39 is 6.10 Å². The van der Waals surface area contributed by atoms with Gasteiger partial charge in [-0.25, -0.2) is 0 Å². The van der Waals surface area contributed by atoms with Crippen LogP contribution in [0.25, 0.3) is 0 Å². The molecule has 0 unspecified atom stereocenters. The van der Waals surface area contributed by atoms with Gasteiger partial charge >= 0.3 is 0 Å². The third kappa shape index (κ3) is 4.21. The van der Waals surface area contributed by atoms with Gasteiger partial charge in [0.2, 0.25) is 0 Å². The number of carbonyl (C=O) groups excluding carboxylic acids is 1. The molecule has 0 aliphatic carbocycles. The van der Waals surface area contributed by atoms with Gasteiger partial charge in [-0.1, -0.05) is 19.1 Å².